The average Bonchev–Trinajstić information content (AvgIpc) is 3.00. The molecule has 0 radical (unpaired) electrons. The zero-order valence-corrected chi connectivity index (χ0v) is 12.2. The van der Waals surface area contributed by atoms with Crippen molar-refractivity contribution in [2.75, 3.05) is 24.7 Å². The molecule has 1 aromatic rings. The van der Waals surface area contributed by atoms with Crippen LogP contribution in [0.3, 0.4) is 0 Å². The highest BCUT2D eigenvalue weighted by Crippen LogP contribution is 2.44. The van der Waals surface area contributed by atoms with Crippen LogP contribution in [0.15, 0.2) is 18.2 Å². The van der Waals surface area contributed by atoms with Gasteiger partial charge in [-0.15, -0.1) is 0 Å². The number of nitrogens with two attached hydrogens (primary N) is 1. The van der Waals surface area contributed by atoms with E-state index >= 15 is 0 Å². The van der Waals surface area contributed by atoms with Crippen LogP contribution in [-0.4, -0.2) is 26.0 Å². The van der Waals surface area contributed by atoms with Gasteiger partial charge in [-0.2, -0.15) is 0 Å². The SMILES string of the molecule is CN(C)c1ccc(N)cc1C(=O)NC1CC2CCC1C2. The molecule has 0 saturated heterocycles. The van der Waals surface area contributed by atoms with Crippen molar-refractivity contribution in [3.8, 4) is 0 Å². The van der Waals surface area contributed by atoms with Crippen LogP contribution in [0.2, 0.25) is 0 Å². The van der Waals surface area contributed by atoms with Crippen LogP contribution in [0, 0.1) is 11.8 Å². The van der Waals surface area contributed by atoms with Gasteiger partial charge in [-0.25, -0.2) is 0 Å². The van der Waals surface area contributed by atoms with Gasteiger partial charge < -0.3 is 16.0 Å². The van der Waals surface area contributed by atoms with Gasteiger partial charge in [0.05, 0.1) is 5.56 Å². The number of hydrogen-bond donors (Lipinski definition) is 2. The van der Waals surface area contributed by atoms with E-state index in [0.717, 1.165) is 18.0 Å². The number of amides is 1. The molecule has 3 unspecified atom stereocenters. The van der Waals surface area contributed by atoms with E-state index in [1.54, 1.807) is 6.07 Å². The van der Waals surface area contributed by atoms with Gasteiger partial charge in [0.25, 0.3) is 5.91 Å². The molecule has 1 amide bonds. The Hall–Kier alpha value is -1.71. The van der Waals surface area contributed by atoms with Gasteiger partial charge in [0.1, 0.15) is 0 Å². The van der Waals surface area contributed by atoms with Crippen molar-refractivity contribution >= 4 is 17.3 Å². The fraction of sp³-hybridized carbons (Fsp3) is 0.562. The van der Waals surface area contributed by atoms with Gasteiger partial charge in [0.15, 0.2) is 0 Å². The summed E-state index contributed by atoms with van der Waals surface area (Å²) in [4.78, 5) is 14.5. The van der Waals surface area contributed by atoms with Crippen LogP contribution < -0.4 is 16.0 Å². The van der Waals surface area contributed by atoms with Gasteiger partial charge in [-0.3, -0.25) is 4.79 Å². The molecule has 3 atom stereocenters. The molecule has 3 N–H and O–H groups in total. The van der Waals surface area contributed by atoms with E-state index in [1.807, 2.05) is 31.1 Å². The Morgan fingerprint density at radius 2 is 2.10 bits per heavy atom. The van der Waals surface area contributed by atoms with Crippen molar-refractivity contribution < 1.29 is 4.79 Å². The van der Waals surface area contributed by atoms with Crippen LogP contribution in [0.5, 0.6) is 0 Å². The summed E-state index contributed by atoms with van der Waals surface area (Å²) in [5.41, 5.74) is 8.06. The molecule has 0 spiro atoms. The molecular formula is C16H23N3O. The molecule has 4 heteroatoms. The van der Waals surface area contributed by atoms with Crippen molar-refractivity contribution in [1.29, 1.82) is 0 Å². The van der Waals surface area contributed by atoms with Crippen molar-refractivity contribution in [2.45, 2.75) is 31.7 Å². The maximum atomic E-state index is 12.6. The minimum Gasteiger partial charge on any atom is -0.399 e. The molecule has 0 aliphatic heterocycles. The lowest BCUT2D eigenvalue weighted by Gasteiger charge is -2.24. The topological polar surface area (TPSA) is 58.4 Å². The summed E-state index contributed by atoms with van der Waals surface area (Å²) >= 11 is 0. The minimum atomic E-state index is 0.0125. The number of nitrogen functional groups attached to an aromatic ring is 1. The molecule has 108 valence electrons. The zero-order chi connectivity index (χ0) is 14.3. The Bertz CT molecular complexity index is 526. The quantitative estimate of drug-likeness (QED) is 0.830. The number of anilines is 2. The molecule has 2 saturated carbocycles. The lowest BCUT2D eigenvalue weighted by atomic mass is 9.95. The third kappa shape index (κ3) is 2.35. The molecule has 3 rings (SSSR count). The van der Waals surface area contributed by atoms with Crippen LogP contribution >= 0.6 is 0 Å². The van der Waals surface area contributed by atoms with E-state index in [1.165, 1.54) is 19.3 Å². The molecule has 2 fully saturated rings. The van der Waals surface area contributed by atoms with Gasteiger partial charge in [0.2, 0.25) is 0 Å². The maximum Gasteiger partial charge on any atom is 0.253 e. The number of carbonyl (C=O) groups excluding carboxylic acids is 1. The smallest absolute Gasteiger partial charge is 0.253 e. The molecule has 20 heavy (non-hydrogen) atoms. The predicted octanol–water partition coefficient (Wildman–Crippen LogP) is 2.25. The molecule has 1 aromatic carbocycles. The Morgan fingerprint density at radius 1 is 1.30 bits per heavy atom. The summed E-state index contributed by atoms with van der Waals surface area (Å²) in [5.74, 6) is 1.53. The maximum absolute atomic E-state index is 12.6. The second-order valence-electron chi connectivity index (χ2n) is 6.43. The highest BCUT2D eigenvalue weighted by Gasteiger charge is 2.40. The summed E-state index contributed by atoms with van der Waals surface area (Å²) in [6, 6.07) is 5.88. The number of benzene rings is 1. The third-order valence-corrected chi connectivity index (χ3v) is 4.80. The first-order valence-corrected chi connectivity index (χ1v) is 7.42. The average molecular weight is 273 g/mol. The molecular weight excluding hydrogens is 250 g/mol. The van der Waals surface area contributed by atoms with Gasteiger partial charge in [0, 0.05) is 31.5 Å². The number of fused-ring (bicyclic) bond motifs is 2. The third-order valence-electron chi connectivity index (χ3n) is 4.80. The van der Waals surface area contributed by atoms with E-state index < -0.39 is 0 Å². The molecule has 0 aromatic heterocycles. The second kappa shape index (κ2) is 5.00. The lowest BCUT2D eigenvalue weighted by Crippen LogP contribution is -2.39. The highest BCUT2D eigenvalue weighted by atomic mass is 16.1. The second-order valence-corrected chi connectivity index (χ2v) is 6.43. The summed E-state index contributed by atoms with van der Waals surface area (Å²) in [6.45, 7) is 0. The summed E-state index contributed by atoms with van der Waals surface area (Å²) in [6.07, 6.45) is 5.06. The van der Waals surface area contributed by atoms with Crippen LogP contribution in [0.25, 0.3) is 0 Å². The predicted molar refractivity (Wildman–Crippen MR) is 81.9 cm³/mol. The van der Waals surface area contributed by atoms with Crippen molar-refractivity contribution in [3.05, 3.63) is 23.8 Å². The number of rotatable bonds is 3. The number of nitrogens with zero attached hydrogens (tertiary/aromatic N) is 1. The minimum absolute atomic E-state index is 0.0125. The number of nitrogens with one attached hydrogen (secondary N) is 1. The monoisotopic (exact) mass is 273 g/mol. The van der Waals surface area contributed by atoms with Gasteiger partial charge in [-0.05, 0) is 49.3 Å². The lowest BCUT2D eigenvalue weighted by molar-refractivity contribution is 0.0923. The normalized spacial score (nSPS) is 27.6. The van der Waals surface area contributed by atoms with E-state index in [9.17, 15) is 4.79 Å². The molecule has 2 aliphatic carbocycles. The number of hydrogen-bond acceptors (Lipinski definition) is 3. The van der Waals surface area contributed by atoms with Crippen molar-refractivity contribution in [3.63, 3.8) is 0 Å². The highest BCUT2D eigenvalue weighted by molar-refractivity contribution is 6.00. The summed E-state index contributed by atoms with van der Waals surface area (Å²) in [7, 11) is 3.89. The first-order valence-electron chi connectivity index (χ1n) is 7.42. The Kier molecular flexibility index (Phi) is 3.32. The Labute approximate surface area is 120 Å². The Balaban J connectivity index is 1.78. The molecule has 2 bridgehead atoms. The first kappa shape index (κ1) is 13.3. The van der Waals surface area contributed by atoms with Crippen LogP contribution in [-0.2, 0) is 0 Å². The first-order chi connectivity index (χ1) is 9.54. The van der Waals surface area contributed by atoms with Gasteiger partial charge in [-0.1, -0.05) is 6.42 Å². The zero-order valence-electron chi connectivity index (χ0n) is 12.2. The fourth-order valence-electron chi connectivity index (χ4n) is 3.79. The largest absolute Gasteiger partial charge is 0.399 e. The van der Waals surface area contributed by atoms with Crippen LogP contribution in [0.4, 0.5) is 11.4 Å². The van der Waals surface area contributed by atoms with Gasteiger partial charge >= 0.3 is 0 Å². The molecule has 4 nitrogen and oxygen atoms in total. The van der Waals surface area contributed by atoms with Crippen molar-refractivity contribution in [1.82, 2.24) is 5.32 Å². The fourth-order valence-corrected chi connectivity index (χ4v) is 3.79. The van der Waals surface area contributed by atoms with Crippen molar-refractivity contribution in [2.24, 2.45) is 11.8 Å². The van der Waals surface area contributed by atoms with E-state index in [2.05, 4.69) is 5.32 Å². The standard InChI is InChI=1S/C16H23N3O/c1-19(2)15-6-5-12(17)9-13(15)16(20)18-14-8-10-3-4-11(14)7-10/h5-6,9-11,14H,3-4,7-8,17H2,1-2H3,(H,18,20). The molecule has 0 heterocycles. The van der Waals surface area contributed by atoms with E-state index in [4.69, 9.17) is 5.73 Å². The Morgan fingerprint density at radius 3 is 2.70 bits per heavy atom. The number of carbonyl (C=O) groups is 1. The summed E-state index contributed by atoms with van der Waals surface area (Å²) in [5, 5.41) is 3.23. The van der Waals surface area contributed by atoms with Crippen LogP contribution in [0.1, 0.15) is 36.0 Å². The van der Waals surface area contributed by atoms with E-state index in [0.29, 0.717) is 23.2 Å². The summed E-state index contributed by atoms with van der Waals surface area (Å²) < 4.78 is 0. The molecule has 2 aliphatic rings. The van der Waals surface area contributed by atoms with E-state index in [-0.39, 0.29) is 5.91 Å².